The van der Waals surface area contributed by atoms with E-state index in [2.05, 4.69) is 19.8 Å². The first-order valence-corrected chi connectivity index (χ1v) is 10.5. The lowest BCUT2D eigenvalue weighted by molar-refractivity contribution is 0.460. The van der Waals surface area contributed by atoms with E-state index in [1.807, 2.05) is 0 Å². The molecule has 0 saturated carbocycles. The van der Waals surface area contributed by atoms with Crippen molar-refractivity contribution < 1.29 is 17.5 Å². The van der Waals surface area contributed by atoms with E-state index in [0.717, 1.165) is 0 Å². The standard InChI is InChI=1S/C20H16FN5O3S/c21-16-4-2-15(3-5-16)13-30(27,28)25-17-6-8-18(9-7-17)29-20-12-19(22-14-23-20)26-11-1-10-24-26/h1-12,14,25H,13H2. The molecular formula is C20H16FN5O3S. The Bertz CT molecular complexity index is 1230. The first kappa shape index (κ1) is 19.5. The van der Waals surface area contributed by atoms with Crippen molar-refractivity contribution in [3.8, 4) is 17.4 Å². The summed E-state index contributed by atoms with van der Waals surface area (Å²) in [5.41, 5.74) is 0.866. The summed E-state index contributed by atoms with van der Waals surface area (Å²) in [6, 6.07) is 15.1. The normalized spacial score (nSPS) is 11.2. The highest BCUT2D eigenvalue weighted by molar-refractivity contribution is 7.91. The summed E-state index contributed by atoms with van der Waals surface area (Å²) in [7, 11) is -3.65. The van der Waals surface area contributed by atoms with Gasteiger partial charge in [-0.05, 0) is 48.0 Å². The van der Waals surface area contributed by atoms with Crippen LogP contribution in [0, 0.1) is 5.82 Å². The number of nitrogens with one attached hydrogen (secondary N) is 1. The molecule has 2 aromatic heterocycles. The summed E-state index contributed by atoms with van der Waals surface area (Å²) in [6.07, 6.45) is 4.75. The zero-order chi connectivity index (χ0) is 21.0. The van der Waals surface area contributed by atoms with Crippen LogP contribution in [0.3, 0.4) is 0 Å². The van der Waals surface area contributed by atoms with Gasteiger partial charge in [0.05, 0.1) is 5.75 Å². The topological polar surface area (TPSA) is 99.0 Å². The fourth-order valence-electron chi connectivity index (χ4n) is 2.64. The molecular weight excluding hydrogens is 409 g/mol. The molecule has 0 aliphatic rings. The SMILES string of the molecule is O=S(=O)(Cc1ccc(F)cc1)Nc1ccc(Oc2cc(-n3cccn3)ncn2)cc1. The fourth-order valence-corrected chi connectivity index (χ4v) is 3.84. The van der Waals surface area contributed by atoms with Gasteiger partial charge in [0.25, 0.3) is 0 Å². The van der Waals surface area contributed by atoms with Gasteiger partial charge >= 0.3 is 0 Å². The zero-order valence-corrected chi connectivity index (χ0v) is 16.3. The van der Waals surface area contributed by atoms with Gasteiger partial charge in [0, 0.05) is 24.1 Å². The third-order valence-corrected chi connectivity index (χ3v) is 5.25. The first-order valence-electron chi connectivity index (χ1n) is 8.82. The highest BCUT2D eigenvalue weighted by Crippen LogP contribution is 2.23. The largest absolute Gasteiger partial charge is 0.439 e. The lowest BCUT2D eigenvalue weighted by Crippen LogP contribution is -2.15. The Hall–Kier alpha value is -3.79. The predicted molar refractivity (Wildman–Crippen MR) is 108 cm³/mol. The molecule has 1 N–H and O–H groups in total. The number of halogens is 1. The van der Waals surface area contributed by atoms with Crippen LogP contribution in [0.2, 0.25) is 0 Å². The predicted octanol–water partition coefficient (Wildman–Crippen LogP) is 3.54. The van der Waals surface area contributed by atoms with Gasteiger partial charge in [0.15, 0.2) is 5.82 Å². The molecule has 0 amide bonds. The molecule has 30 heavy (non-hydrogen) atoms. The molecule has 0 radical (unpaired) electrons. The van der Waals surface area contributed by atoms with Crippen LogP contribution in [0.15, 0.2) is 79.4 Å². The van der Waals surface area contributed by atoms with Crippen molar-refractivity contribution >= 4 is 15.7 Å². The molecule has 4 rings (SSSR count). The third-order valence-electron chi connectivity index (χ3n) is 3.99. The molecule has 2 heterocycles. The van der Waals surface area contributed by atoms with Crippen molar-refractivity contribution in [3.63, 3.8) is 0 Å². The molecule has 0 aliphatic carbocycles. The molecule has 4 aromatic rings. The third kappa shape index (κ3) is 4.97. The monoisotopic (exact) mass is 425 g/mol. The Morgan fingerprint density at radius 3 is 2.50 bits per heavy atom. The van der Waals surface area contributed by atoms with E-state index in [0.29, 0.717) is 28.7 Å². The average Bonchev–Trinajstić information content (AvgIpc) is 3.26. The Kier molecular flexibility index (Phi) is 5.40. The minimum atomic E-state index is -3.65. The second kappa shape index (κ2) is 8.29. The van der Waals surface area contributed by atoms with Crippen LogP contribution >= 0.6 is 0 Å². The highest BCUT2D eigenvalue weighted by atomic mass is 32.2. The number of hydrogen-bond donors (Lipinski definition) is 1. The van der Waals surface area contributed by atoms with Gasteiger partial charge in [-0.25, -0.2) is 27.5 Å². The van der Waals surface area contributed by atoms with Crippen molar-refractivity contribution in [2.75, 3.05) is 4.72 Å². The molecule has 10 heteroatoms. The minimum Gasteiger partial charge on any atom is -0.439 e. The van der Waals surface area contributed by atoms with Crippen LogP contribution in [0.4, 0.5) is 10.1 Å². The summed E-state index contributed by atoms with van der Waals surface area (Å²) in [5, 5.41) is 4.10. The number of nitrogens with zero attached hydrogens (tertiary/aromatic N) is 4. The number of anilines is 1. The number of aromatic nitrogens is 4. The van der Waals surface area contributed by atoms with Gasteiger partial charge in [0.2, 0.25) is 15.9 Å². The van der Waals surface area contributed by atoms with Gasteiger partial charge in [-0.3, -0.25) is 4.72 Å². The van der Waals surface area contributed by atoms with Gasteiger partial charge in [-0.15, -0.1) is 0 Å². The Morgan fingerprint density at radius 1 is 1.03 bits per heavy atom. The maximum absolute atomic E-state index is 13.0. The Labute approximate surface area is 172 Å². The zero-order valence-electron chi connectivity index (χ0n) is 15.5. The summed E-state index contributed by atoms with van der Waals surface area (Å²) >= 11 is 0. The van der Waals surface area contributed by atoms with Crippen molar-refractivity contribution in [1.82, 2.24) is 19.7 Å². The summed E-state index contributed by atoms with van der Waals surface area (Å²) in [6.45, 7) is 0. The first-order chi connectivity index (χ1) is 14.5. The van der Waals surface area contributed by atoms with Crippen LogP contribution in [-0.4, -0.2) is 28.2 Å². The van der Waals surface area contributed by atoms with Crippen LogP contribution < -0.4 is 9.46 Å². The van der Waals surface area contributed by atoms with E-state index in [-0.39, 0.29) is 5.75 Å². The van der Waals surface area contributed by atoms with Gasteiger partial charge in [0.1, 0.15) is 17.9 Å². The number of hydrogen-bond acceptors (Lipinski definition) is 6. The van der Waals surface area contributed by atoms with Crippen molar-refractivity contribution in [2.45, 2.75) is 5.75 Å². The maximum atomic E-state index is 13.0. The van der Waals surface area contributed by atoms with E-state index in [1.165, 1.54) is 30.6 Å². The van der Waals surface area contributed by atoms with Gasteiger partial charge < -0.3 is 4.74 Å². The number of rotatable bonds is 7. The summed E-state index contributed by atoms with van der Waals surface area (Å²) < 4.78 is 47.4. The molecule has 0 unspecified atom stereocenters. The molecule has 0 aliphatic heterocycles. The van der Waals surface area contributed by atoms with Crippen molar-refractivity contribution in [2.24, 2.45) is 0 Å². The number of ether oxygens (including phenoxy) is 1. The van der Waals surface area contributed by atoms with Crippen LogP contribution in [0.1, 0.15) is 5.56 Å². The second-order valence-electron chi connectivity index (χ2n) is 6.28. The molecule has 0 atom stereocenters. The van der Waals surface area contributed by atoms with Gasteiger partial charge in [-0.2, -0.15) is 5.10 Å². The quantitative estimate of drug-likeness (QED) is 0.486. The van der Waals surface area contributed by atoms with Crippen LogP contribution in [0.25, 0.3) is 5.82 Å². The van der Waals surface area contributed by atoms with E-state index in [1.54, 1.807) is 53.5 Å². The molecule has 2 aromatic carbocycles. The molecule has 152 valence electrons. The van der Waals surface area contributed by atoms with Crippen molar-refractivity contribution in [1.29, 1.82) is 0 Å². The van der Waals surface area contributed by atoms with Crippen LogP contribution in [0.5, 0.6) is 11.6 Å². The molecule has 8 nitrogen and oxygen atoms in total. The summed E-state index contributed by atoms with van der Waals surface area (Å²) in [4.78, 5) is 8.20. The number of benzene rings is 2. The average molecular weight is 425 g/mol. The molecule has 0 saturated heterocycles. The Morgan fingerprint density at radius 2 is 1.80 bits per heavy atom. The lowest BCUT2D eigenvalue weighted by Gasteiger charge is -2.10. The van der Waals surface area contributed by atoms with E-state index in [4.69, 9.17) is 4.74 Å². The molecule has 0 bridgehead atoms. The fraction of sp³-hybridized carbons (Fsp3) is 0.0500. The lowest BCUT2D eigenvalue weighted by atomic mass is 10.2. The van der Waals surface area contributed by atoms with E-state index in [9.17, 15) is 12.8 Å². The highest BCUT2D eigenvalue weighted by Gasteiger charge is 2.12. The Balaban J connectivity index is 1.42. The smallest absolute Gasteiger partial charge is 0.236 e. The van der Waals surface area contributed by atoms with E-state index >= 15 is 0 Å². The summed E-state index contributed by atoms with van der Waals surface area (Å²) in [5.74, 6) is 0.667. The van der Waals surface area contributed by atoms with Crippen molar-refractivity contribution in [3.05, 3.63) is 90.8 Å². The van der Waals surface area contributed by atoms with Gasteiger partial charge in [-0.1, -0.05) is 12.1 Å². The number of sulfonamides is 1. The van der Waals surface area contributed by atoms with E-state index < -0.39 is 15.8 Å². The second-order valence-corrected chi connectivity index (χ2v) is 8.00. The molecule has 0 fully saturated rings. The minimum absolute atomic E-state index is 0.261. The van der Waals surface area contributed by atoms with Crippen LogP contribution in [-0.2, 0) is 15.8 Å². The maximum Gasteiger partial charge on any atom is 0.236 e. The molecule has 0 spiro atoms.